The minimum Gasteiger partial charge on any atom is -0.481 e. The van der Waals surface area contributed by atoms with Crippen LogP contribution in [0.4, 0.5) is 4.39 Å². The number of rotatable bonds is 6. The molecule has 0 bridgehead atoms. The van der Waals surface area contributed by atoms with E-state index < -0.39 is 12.6 Å². The predicted molar refractivity (Wildman–Crippen MR) is 95.4 cm³/mol. The van der Waals surface area contributed by atoms with Gasteiger partial charge in [-0.2, -0.15) is 14.9 Å². The first-order chi connectivity index (χ1) is 12.5. The Hall–Kier alpha value is -3.33. The van der Waals surface area contributed by atoms with Gasteiger partial charge in [-0.1, -0.05) is 12.1 Å². The van der Waals surface area contributed by atoms with Gasteiger partial charge in [-0.05, 0) is 48.6 Å². The van der Waals surface area contributed by atoms with Crippen molar-refractivity contribution in [2.45, 2.75) is 0 Å². The van der Waals surface area contributed by atoms with Crippen LogP contribution in [0.15, 0.2) is 53.6 Å². The van der Waals surface area contributed by atoms with Gasteiger partial charge in [-0.3, -0.25) is 0 Å². The van der Waals surface area contributed by atoms with Crippen LogP contribution in [-0.4, -0.2) is 38.8 Å². The van der Waals surface area contributed by atoms with Crippen molar-refractivity contribution in [1.29, 1.82) is 0 Å². The number of hydrogen-bond acceptors (Lipinski definition) is 5. The van der Waals surface area contributed by atoms with Crippen LogP contribution in [0.5, 0.6) is 5.75 Å². The standard InChI is InChI=1S/C17H13FN4O3S/c18-13-7-5-11(6-8-13)16-20-21-17(26)22(16)19-9-12-3-1-2-4-14(12)25-10-15(23)24/h1-9H,10H2,(H,21,26)(H,23,24)/b19-9-. The lowest BCUT2D eigenvalue weighted by molar-refractivity contribution is -0.139. The van der Waals surface area contributed by atoms with Crippen LogP contribution in [0.25, 0.3) is 11.4 Å². The van der Waals surface area contributed by atoms with Gasteiger partial charge in [-0.15, -0.1) is 0 Å². The molecule has 0 aliphatic heterocycles. The largest absolute Gasteiger partial charge is 0.481 e. The summed E-state index contributed by atoms with van der Waals surface area (Å²) >= 11 is 5.18. The number of nitrogens with one attached hydrogen (secondary N) is 1. The fourth-order valence-electron chi connectivity index (χ4n) is 2.16. The molecule has 0 amide bonds. The Morgan fingerprint density at radius 3 is 2.77 bits per heavy atom. The van der Waals surface area contributed by atoms with E-state index in [0.29, 0.717) is 22.7 Å². The Bertz CT molecular complexity index is 1010. The number of aromatic nitrogens is 3. The molecule has 0 fully saturated rings. The lowest BCUT2D eigenvalue weighted by Crippen LogP contribution is -2.10. The number of carboxylic acid groups (broad SMARTS) is 1. The third-order valence-electron chi connectivity index (χ3n) is 3.34. The molecular weight excluding hydrogens is 359 g/mol. The molecule has 2 N–H and O–H groups in total. The summed E-state index contributed by atoms with van der Waals surface area (Å²) in [6.45, 7) is -0.461. The molecule has 0 saturated carbocycles. The number of benzene rings is 2. The van der Waals surface area contributed by atoms with E-state index in [0.717, 1.165) is 0 Å². The fraction of sp³-hybridized carbons (Fsp3) is 0.0588. The molecule has 0 unspecified atom stereocenters. The lowest BCUT2D eigenvalue weighted by atomic mass is 10.2. The fourth-order valence-corrected chi connectivity index (χ4v) is 2.34. The van der Waals surface area contributed by atoms with Crippen molar-refractivity contribution in [3.05, 3.63) is 64.7 Å². The summed E-state index contributed by atoms with van der Waals surface area (Å²) in [5.74, 6) is -0.651. The maximum absolute atomic E-state index is 13.1. The zero-order chi connectivity index (χ0) is 18.5. The molecule has 2 aromatic carbocycles. The van der Waals surface area contributed by atoms with E-state index in [2.05, 4.69) is 15.3 Å². The van der Waals surface area contributed by atoms with Crippen LogP contribution in [0.1, 0.15) is 5.56 Å². The molecule has 1 aromatic heterocycles. The van der Waals surface area contributed by atoms with Gasteiger partial charge < -0.3 is 9.84 Å². The molecule has 3 aromatic rings. The first kappa shape index (κ1) is 17.5. The van der Waals surface area contributed by atoms with Gasteiger partial charge >= 0.3 is 5.97 Å². The van der Waals surface area contributed by atoms with Crippen molar-refractivity contribution < 1.29 is 19.0 Å². The molecule has 0 aliphatic carbocycles. The molecule has 7 nitrogen and oxygen atoms in total. The quantitative estimate of drug-likeness (QED) is 0.512. The van der Waals surface area contributed by atoms with Crippen molar-refractivity contribution >= 4 is 24.4 Å². The van der Waals surface area contributed by atoms with Crippen LogP contribution >= 0.6 is 12.2 Å². The summed E-state index contributed by atoms with van der Waals surface area (Å²) in [6, 6.07) is 12.6. The van der Waals surface area contributed by atoms with Crippen LogP contribution in [-0.2, 0) is 4.79 Å². The van der Waals surface area contributed by atoms with Crippen molar-refractivity contribution in [3.8, 4) is 17.1 Å². The predicted octanol–water partition coefficient (Wildman–Crippen LogP) is 3.09. The van der Waals surface area contributed by atoms with Crippen LogP contribution in [0.2, 0.25) is 0 Å². The topological polar surface area (TPSA) is 92.5 Å². The number of ether oxygens (including phenoxy) is 1. The number of aliphatic carboxylic acids is 1. The third kappa shape index (κ3) is 4.01. The highest BCUT2D eigenvalue weighted by atomic mass is 32.1. The summed E-state index contributed by atoms with van der Waals surface area (Å²) in [6.07, 6.45) is 1.48. The average molecular weight is 372 g/mol. The van der Waals surface area contributed by atoms with Crippen molar-refractivity contribution in [3.63, 3.8) is 0 Å². The van der Waals surface area contributed by atoms with E-state index in [1.807, 2.05) is 0 Å². The molecule has 0 spiro atoms. The van der Waals surface area contributed by atoms with E-state index in [-0.39, 0.29) is 10.6 Å². The number of nitrogens with zero attached hydrogens (tertiary/aromatic N) is 3. The molecule has 9 heteroatoms. The molecule has 132 valence electrons. The SMILES string of the molecule is O=C(O)COc1ccccc1/C=N\n1c(-c2ccc(F)cc2)n[nH]c1=S. The average Bonchev–Trinajstić information content (AvgIpc) is 3.00. The first-order valence-corrected chi connectivity index (χ1v) is 7.87. The van der Waals surface area contributed by atoms with E-state index in [1.165, 1.54) is 23.0 Å². The van der Waals surface area contributed by atoms with E-state index in [9.17, 15) is 9.18 Å². The number of hydrogen-bond donors (Lipinski definition) is 2. The number of carbonyl (C=O) groups is 1. The Morgan fingerprint density at radius 1 is 1.31 bits per heavy atom. The van der Waals surface area contributed by atoms with E-state index in [1.54, 1.807) is 36.4 Å². The van der Waals surface area contributed by atoms with Crippen LogP contribution < -0.4 is 4.74 Å². The summed E-state index contributed by atoms with van der Waals surface area (Å²) in [5.41, 5.74) is 1.20. The van der Waals surface area contributed by atoms with Gasteiger partial charge in [0.15, 0.2) is 12.4 Å². The Morgan fingerprint density at radius 2 is 2.04 bits per heavy atom. The highest BCUT2D eigenvalue weighted by Crippen LogP contribution is 2.19. The summed E-state index contributed by atoms with van der Waals surface area (Å²) in [4.78, 5) is 10.7. The summed E-state index contributed by atoms with van der Waals surface area (Å²) < 4.78 is 20.0. The zero-order valence-corrected chi connectivity index (χ0v) is 14.1. The Balaban J connectivity index is 1.93. The smallest absolute Gasteiger partial charge is 0.341 e. The Kier molecular flexibility index (Phi) is 5.18. The number of aromatic amines is 1. The number of halogens is 1. The van der Waals surface area contributed by atoms with Crippen molar-refractivity contribution in [2.24, 2.45) is 5.10 Å². The second-order valence-electron chi connectivity index (χ2n) is 5.14. The number of para-hydroxylation sites is 1. The molecule has 26 heavy (non-hydrogen) atoms. The minimum absolute atomic E-state index is 0.254. The number of carboxylic acids is 1. The summed E-state index contributed by atoms with van der Waals surface area (Å²) in [7, 11) is 0. The second-order valence-corrected chi connectivity index (χ2v) is 5.52. The molecule has 0 atom stereocenters. The number of H-pyrrole nitrogens is 1. The maximum atomic E-state index is 13.1. The van der Waals surface area contributed by atoms with Crippen LogP contribution in [0, 0.1) is 10.6 Å². The van der Waals surface area contributed by atoms with E-state index >= 15 is 0 Å². The molecule has 0 aliphatic rings. The van der Waals surface area contributed by atoms with Gasteiger partial charge in [0, 0.05) is 11.1 Å². The highest BCUT2D eigenvalue weighted by molar-refractivity contribution is 7.71. The van der Waals surface area contributed by atoms with Crippen molar-refractivity contribution in [2.75, 3.05) is 6.61 Å². The van der Waals surface area contributed by atoms with Crippen molar-refractivity contribution in [1.82, 2.24) is 14.9 Å². The molecule has 3 rings (SSSR count). The lowest BCUT2D eigenvalue weighted by Gasteiger charge is -2.06. The molecule has 0 saturated heterocycles. The highest BCUT2D eigenvalue weighted by Gasteiger charge is 2.09. The second kappa shape index (κ2) is 7.70. The van der Waals surface area contributed by atoms with Gasteiger partial charge in [0.2, 0.25) is 4.77 Å². The van der Waals surface area contributed by atoms with Gasteiger partial charge in [0.1, 0.15) is 11.6 Å². The van der Waals surface area contributed by atoms with E-state index in [4.69, 9.17) is 22.1 Å². The zero-order valence-electron chi connectivity index (χ0n) is 13.3. The molecular formula is C17H13FN4O3S. The molecule has 1 heterocycles. The van der Waals surface area contributed by atoms with Gasteiger partial charge in [0.25, 0.3) is 0 Å². The Labute approximate surface area is 152 Å². The van der Waals surface area contributed by atoms with Gasteiger partial charge in [-0.25, -0.2) is 14.3 Å². The summed E-state index contributed by atoms with van der Waals surface area (Å²) in [5, 5.41) is 19.8. The maximum Gasteiger partial charge on any atom is 0.341 e. The van der Waals surface area contributed by atoms with Crippen LogP contribution in [0.3, 0.4) is 0 Å². The third-order valence-corrected chi connectivity index (χ3v) is 3.60. The normalized spacial score (nSPS) is 11.0. The minimum atomic E-state index is -1.08. The monoisotopic (exact) mass is 372 g/mol. The van der Waals surface area contributed by atoms with Gasteiger partial charge in [0.05, 0.1) is 6.21 Å². The first-order valence-electron chi connectivity index (χ1n) is 7.46. The molecule has 0 radical (unpaired) electrons.